The number of aryl methyl sites for hydroxylation is 1. The first-order valence-corrected chi connectivity index (χ1v) is 7.13. The lowest BCUT2D eigenvalue weighted by atomic mass is 10.2. The van der Waals surface area contributed by atoms with Gasteiger partial charge in [0.2, 0.25) is 0 Å². The third-order valence-electron chi connectivity index (χ3n) is 2.30. The number of hydrogen-bond acceptors (Lipinski definition) is 5. The van der Waals surface area contributed by atoms with Crippen LogP contribution in [0.5, 0.6) is 0 Å². The fourth-order valence-electron chi connectivity index (χ4n) is 1.49. The zero-order chi connectivity index (χ0) is 13.8. The summed E-state index contributed by atoms with van der Waals surface area (Å²) < 4.78 is 22.7. The molecular formula is C11H16NO5P. The van der Waals surface area contributed by atoms with Crippen molar-refractivity contribution in [2.45, 2.75) is 20.8 Å². The molecule has 1 aromatic carbocycles. The van der Waals surface area contributed by atoms with E-state index in [-0.39, 0.29) is 24.2 Å². The topological polar surface area (TPSA) is 78.7 Å². The van der Waals surface area contributed by atoms with Crippen LogP contribution in [-0.2, 0) is 13.6 Å². The fourth-order valence-corrected chi connectivity index (χ4v) is 3.08. The van der Waals surface area contributed by atoms with Crippen LogP contribution in [0.15, 0.2) is 18.2 Å². The Morgan fingerprint density at radius 3 is 2.28 bits per heavy atom. The second kappa shape index (κ2) is 6.09. The average Bonchev–Trinajstić information content (AvgIpc) is 2.29. The lowest BCUT2D eigenvalue weighted by Crippen LogP contribution is -2.12. The van der Waals surface area contributed by atoms with E-state index in [1.54, 1.807) is 20.8 Å². The Labute approximate surface area is 106 Å². The van der Waals surface area contributed by atoms with Gasteiger partial charge < -0.3 is 9.05 Å². The van der Waals surface area contributed by atoms with Gasteiger partial charge in [-0.15, -0.1) is 0 Å². The van der Waals surface area contributed by atoms with Gasteiger partial charge in [0.1, 0.15) is 0 Å². The van der Waals surface area contributed by atoms with Crippen LogP contribution in [0.25, 0.3) is 0 Å². The largest absolute Gasteiger partial charge is 0.361 e. The van der Waals surface area contributed by atoms with Gasteiger partial charge in [-0.2, -0.15) is 0 Å². The van der Waals surface area contributed by atoms with Gasteiger partial charge in [-0.05, 0) is 26.8 Å². The zero-order valence-electron chi connectivity index (χ0n) is 10.6. The molecule has 18 heavy (non-hydrogen) atoms. The summed E-state index contributed by atoms with van der Waals surface area (Å²) in [4.78, 5) is 10.3. The quantitative estimate of drug-likeness (QED) is 0.452. The second-order valence-corrected chi connectivity index (χ2v) is 5.59. The van der Waals surface area contributed by atoms with E-state index in [0.29, 0.717) is 5.56 Å². The van der Waals surface area contributed by atoms with Crippen LogP contribution in [0.1, 0.15) is 19.4 Å². The van der Waals surface area contributed by atoms with Gasteiger partial charge in [0.05, 0.1) is 23.4 Å². The summed E-state index contributed by atoms with van der Waals surface area (Å²) in [6.45, 7) is 5.41. The van der Waals surface area contributed by atoms with Crippen molar-refractivity contribution in [2.24, 2.45) is 0 Å². The number of benzene rings is 1. The molecule has 0 spiro atoms. The zero-order valence-corrected chi connectivity index (χ0v) is 11.5. The van der Waals surface area contributed by atoms with E-state index in [0.717, 1.165) is 0 Å². The molecule has 0 fully saturated rings. The molecule has 0 unspecified atom stereocenters. The normalized spacial score (nSPS) is 11.5. The van der Waals surface area contributed by atoms with Crippen LogP contribution in [0.2, 0.25) is 0 Å². The molecule has 0 bridgehead atoms. The van der Waals surface area contributed by atoms with Gasteiger partial charge in [-0.3, -0.25) is 14.7 Å². The molecule has 0 saturated heterocycles. The van der Waals surface area contributed by atoms with E-state index in [1.807, 2.05) is 0 Å². The van der Waals surface area contributed by atoms with Crippen molar-refractivity contribution in [2.75, 3.05) is 13.2 Å². The number of nitro groups is 1. The molecule has 1 rings (SSSR count). The molecule has 0 amide bonds. The molecule has 6 nitrogen and oxygen atoms in total. The standard InChI is InChI=1S/C11H16NO5P/c1-4-16-18(15,17-5-2)10-7-6-9(3)11(8-10)12(13)14/h6-8H,4-5H2,1-3H3. The van der Waals surface area contributed by atoms with Gasteiger partial charge >= 0.3 is 7.60 Å². The molecule has 0 radical (unpaired) electrons. The SMILES string of the molecule is CCOP(=O)(OCC)c1ccc(C)c([N+](=O)[O-])c1. The van der Waals surface area contributed by atoms with Crippen LogP contribution in [0.3, 0.4) is 0 Å². The van der Waals surface area contributed by atoms with Gasteiger partial charge in [0, 0.05) is 11.6 Å². The van der Waals surface area contributed by atoms with Gasteiger partial charge in [0.25, 0.3) is 5.69 Å². The van der Waals surface area contributed by atoms with E-state index in [4.69, 9.17) is 9.05 Å². The van der Waals surface area contributed by atoms with E-state index >= 15 is 0 Å². The number of nitrogens with zero attached hydrogens (tertiary/aromatic N) is 1. The molecule has 0 aromatic heterocycles. The highest BCUT2D eigenvalue weighted by atomic mass is 31.2. The van der Waals surface area contributed by atoms with Gasteiger partial charge in [0.15, 0.2) is 0 Å². The minimum absolute atomic E-state index is 0.0906. The summed E-state index contributed by atoms with van der Waals surface area (Å²) in [5.74, 6) is 0. The number of rotatable bonds is 6. The van der Waals surface area contributed by atoms with Crippen molar-refractivity contribution in [3.8, 4) is 0 Å². The van der Waals surface area contributed by atoms with E-state index in [9.17, 15) is 14.7 Å². The average molecular weight is 273 g/mol. The van der Waals surface area contributed by atoms with Gasteiger partial charge in [-0.1, -0.05) is 6.07 Å². The molecule has 0 N–H and O–H groups in total. The molecule has 0 aliphatic rings. The highest BCUT2D eigenvalue weighted by Crippen LogP contribution is 2.47. The summed E-state index contributed by atoms with van der Waals surface area (Å²) in [5, 5.41) is 11.1. The Balaban J connectivity index is 3.25. The smallest absolute Gasteiger partial charge is 0.305 e. The first-order valence-electron chi connectivity index (χ1n) is 5.59. The molecule has 0 saturated carbocycles. The van der Waals surface area contributed by atoms with Crippen molar-refractivity contribution in [1.29, 1.82) is 0 Å². The van der Waals surface area contributed by atoms with Crippen LogP contribution in [0, 0.1) is 17.0 Å². The van der Waals surface area contributed by atoms with Crippen LogP contribution >= 0.6 is 7.60 Å². The Kier molecular flexibility index (Phi) is 5.02. The van der Waals surface area contributed by atoms with Crippen LogP contribution in [0.4, 0.5) is 5.69 Å². The summed E-state index contributed by atoms with van der Waals surface area (Å²) in [5.41, 5.74) is 0.412. The Hall–Kier alpha value is -1.23. The minimum Gasteiger partial charge on any atom is -0.305 e. The van der Waals surface area contributed by atoms with Crippen LogP contribution in [-0.4, -0.2) is 18.1 Å². The van der Waals surface area contributed by atoms with Crippen molar-refractivity contribution < 1.29 is 18.5 Å². The molecule has 0 aliphatic carbocycles. The van der Waals surface area contributed by atoms with Crippen molar-refractivity contribution >= 4 is 18.6 Å². The van der Waals surface area contributed by atoms with E-state index in [1.165, 1.54) is 18.2 Å². The fraction of sp³-hybridized carbons (Fsp3) is 0.455. The maximum atomic E-state index is 12.4. The molecule has 1 aromatic rings. The minimum atomic E-state index is -3.46. The third kappa shape index (κ3) is 3.16. The van der Waals surface area contributed by atoms with Crippen molar-refractivity contribution in [3.63, 3.8) is 0 Å². The maximum Gasteiger partial charge on any atom is 0.361 e. The molecular weight excluding hydrogens is 257 g/mol. The molecule has 0 aliphatic heterocycles. The monoisotopic (exact) mass is 273 g/mol. The van der Waals surface area contributed by atoms with E-state index < -0.39 is 12.5 Å². The Morgan fingerprint density at radius 2 is 1.83 bits per heavy atom. The first-order chi connectivity index (χ1) is 8.44. The van der Waals surface area contributed by atoms with Crippen molar-refractivity contribution in [1.82, 2.24) is 0 Å². The highest BCUT2D eigenvalue weighted by molar-refractivity contribution is 7.62. The summed E-state index contributed by atoms with van der Waals surface area (Å²) in [7, 11) is -3.46. The highest BCUT2D eigenvalue weighted by Gasteiger charge is 2.29. The second-order valence-electron chi connectivity index (χ2n) is 3.56. The molecule has 7 heteroatoms. The number of hydrogen-bond donors (Lipinski definition) is 0. The Morgan fingerprint density at radius 1 is 1.28 bits per heavy atom. The molecule has 0 heterocycles. The predicted molar refractivity (Wildman–Crippen MR) is 68.3 cm³/mol. The van der Waals surface area contributed by atoms with Crippen LogP contribution < -0.4 is 5.30 Å². The first kappa shape index (κ1) is 14.8. The van der Waals surface area contributed by atoms with Gasteiger partial charge in [-0.25, -0.2) is 0 Å². The maximum absolute atomic E-state index is 12.4. The lowest BCUT2D eigenvalue weighted by molar-refractivity contribution is -0.385. The summed E-state index contributed by atoms with van der Waals surface area (Å²) in [6.07, 6.45) is 0. The number of nitro benzene ring substituents is 1. The predicted octanol–water partition coefficient (Wildman–Crippen LogP) is 2.79. The summed E-state index contributed by atoms with van der Waals surface area (Å²) >= 11 is 0. The summed E-state index contributed by atoms with van der Waals surface area (Å²) in [6, 6.07) is 4.33. The van der Waals surface area contributed by atoms with E-state index in [2.05, 4.69) is 0 Å². The molecule has 100 valence electrons. The Bertz CT molecular complexity index is 478. The van der Waals surface area contributed by atoms with Crippen molar-refractivity contribution in [3.05, 3.63) is 33.9 Å². The third-order valence-corrected chi connectivity index (χ3v) is 4.41. The molecule has 0 atom stereocenters. The lowest BCUT2D eigenvalue weighted by Gasteiger charge is -2.17.